The molecule has 44 valence electrons. The van der Waals surface area contributed by atoms with Crippen LogP contribution in [-0.4, -0.2) is 30.7 Å². The van der Waals surface area contributed by atoms with Crippen molar-refractivity contribution in [2.45, 2.75) is 26.2 Å². The summed E-state index contributed by atoms with van der Waals surface area (Å²) in [4.78, 5) is 9.56. The molecular weight excluding hydrogens is 198 g/mol. The average molecular weight is 211 g/mol. The van der Waals surface area contributed by atoms with E-state index >= 15 is 0 Å². The SMILES string of the molecule is CCCCC=O.[SbH3]. The van der Waals surface area contributed by atoms with Gasteiger partial charge in [0.05, 0.1) is 0 Å². The number of hydrogen-bond acceptors (Lipinski definition) is 1. The minimum absolute atomic E-state index is 0. The van der Waals surface area contributed by atoms with Gasteiger partial charge in [-0.25, -0.2) is 0 Å². The summed E-state index contributed by atoms with van der Waals surface area (Å²) in [6.45, 7) is 2.07. The van der Waals surface area contributed by atoms with Gasteiger partial charge in [-0.3, -0.25) is 0 Å². The number of rotatable bonds is 3. The van der Waals surface area contributed by atoms with Crippen LogP contribution in [0.5, 0.6) is 0 Å². The first kappa shape index (κ1) is 10.5. The molecule has 0 saturated heterocycles. The van der Waals surface area contributed by atoms with Gasteiger partial charge < -0.3 is 4.79 Å². The van der Waals surface area contributed by atoms with Crippen LogP contribution in [0.15, 0.2) is 0 Å². The van der Waals surface area contributed by atoms with Crippen molar-refractivity contribution in [1.29, 1.82) is 0 Å². The van der Waals surface area contributed by atoms with Crippen LogP contribution in [0.1, 0.15) is 26.2 Å². The van der Waals surface area contributed by atoms with Crippen LogP contribution in [0, 0.1) is 0 Å². The van der Waals surface area contributed by atoms with Gasteiger partial charge in [0.15, 0.2) is 0 Å². The van der Waals surface area contributed by atoms with Gasteiger partial charge >= 0.3 is 24.4 Å². The molecule has 1 nitrogen and oxygen atoms in total. The third kappa shape index (κ3) is 10.7. The van der Waals surface area contributed by atoms with E-state index in [-0.39, 0.29) is 24.4 Å². The second-order valence-corrected chi connectivity index (χ2v) is 1.31. The van der Waals surface area contributed by atoms with Gasteiger partial charge in [0.25, 0.3) is 0 Å². The van der Waals surface area contributed by atoms with Gasteiger partial charge in [0, 0.05) is 6.42 Å². The molecule has 0 atom stereocenters. The van der Waals surface area contributed by atoms with Crippen LogP contribution >= 0.6 is 0 Å². The Balaban J connectivity index is 0. The molecule has 2 heteroatoms. The van der Waals surface area contributed by atoms with Crippen LogP contribution < -0.4 is 0 Å². The first-order valence-corrected chi connectivity index (χ1v) is 2.35. The molecule has 0 unspecified atom stereocenters. The van der Waals surface area contributed by atoms with Gasteiger partial charge in [-0.15, -0.1) is 0 Å². The topological polar surface area (TPSA) is 17.1 Å². The van der Waals surface area contributed by atoms with E-state index in [0.717, 1.165) is 25.5 Å². The monoisotopic (exact) mass is 210 g/mol. The van der Waals surface area contributed by atoms with E-state index in [4.69, 9.17) is 0 Å². The number of carbonyl (C=O) groups is 1. The molecule has 0 aliphatic rings. The molecule has 0 aromatic carbocycles. The number of unbranched alkanes of at least 4 members (excludes halogenated alkanes) is 2. The summed E-state index contributed by atoms with van der Waals surface area (Å²) in [5, 5.41) is 0. The van der Waals surface area contributed by atoms with Gasteiger partial charge in [-0.05, 0) is 6.42 Å². The van der Waals surface area contributed by atoms with Crippen molar-refractivity contribution >= 4 is 30.7 Å². The number of carbonyl (C=O) groups excluding carboxylic acids is 1. The maximum atomic E-state index is 9.56. The van der Waals surface area contributed by atoms with E-state index in [1.807, 2.05) is 0 Å². The molecule has 0 aromatic rings. The maximum absolute atomic E-state index is 9.56. The average Bonchev–Trinajstić information content (AvgIpc) is 1.61. The summed E-state index contributed by atoms with van der Waals surface area (Å²) in [7, 11) is 0. The quantitative estimate of drug-likeness (QED) is 0.370. The minimum atomic E-state index is 0. The summed E-state index contributed by atoms with van der Waals surface area (Å²) < 4.78 is 0. The van der Waals surface area contributed by atoms with E-state index in [2.05, 4.69) is 6.92 Å². The van der Waals surface area contributed by atoms with Crippen molar-refractivity contribution in [2.75, 3.05) is 0 Å². The molecule has 0 radical (unpaired) electrons. The molecule has 0 heterocycles. The van der Waals surface area contributed by atoms with E-state index < -0.39 is 0 Å². The third-order valence-corrected chi connectivity index (χ3v) is 0.676. The zero-order valence-electron chi connectivity index (χ0n) is 4.81. The Labute approximate surface area is 61.9 Å². The zero-order valence-corrected chi connectivity index (χ0v) is 8.85. The van der Waals surface area contributed by atoms with Crippen LogP contribution in [0.2, 0.25) is 0 Å². The standard InChI is InChI=1S/C5H10O.Sb.3H/c1-2-3-4-5-6;;;;/h5H,2-4H2,1H3;;;;. The fourth-order valence-electron chi connectivity index (χ4n) is 0.287. The third-order valence-electron chi connectivity index (χ3n) is 0.676. The summed E-state index contributed by atoms with van der Waals surface area (Å²) >= 11 is 0. The molecule has 0 N–H and O–H groups in total. The van der Waals surface area contributed by atoms with Crippen molar-refractivity contribution in [3.63, 3.8) is 0 Å². The van der Waals surface area contributed by atoms with Crippen molar-refractivity contribution < 1.29 is 4.79 Å². The number of aldehydes is 1. The fraction of sp³-hybridized carbons (Fsp3) is 0.800. The molecule has 0 aliphatic carbocycles. The Morgan fingerprint density at radius 1 is 1.57 bits per heavy atom. The Morgan fingerprint density at radius 2 is 2.14 bits per heavy atom. The summed E-state index contributed by atoms with van der Waals surface area (Å²) in [6, 6.07) is 0. The first-order chi connectivity index (χ1) is 2.91. The van der Waals surface area contributed by atoms with Crippen LogP contribution in [0.4, 0.5) is 0 Å². The van der Waals surface area contributed by atoms with Crippen LogP contribution in [0.25, 0.3) is 0 Å². The van der Waals surface area contributed by atoms with Crippen LogP contribution in [-0.2, 0) is 4.79 Å². The van der Waals surface area contributed by atoms with Crippen molar-refractivity contribution in [1.82, 2.24) is 0 Å². The first-order valence-electron chi connectivity index (χ1n) is 2.35. The molecule has 0 fully saturated rings. The number of hydrogen-bond donors (Lipinski definition) is 0. The predicted molar refractivity (Wildman–Crippen MR) is 35.5 cm³/mol. The Bertz CT molecular complexity index is 37.1. The Morgan fingerprint density at radius 3 is 2.29 bits per heavy atom. The Kier molecular flexibility index (Phi) is 14.5. The second kappa shape index (κ2) is 9.70. The van der Waals surface area contributed by atoms with E-state index in [1.54, 1.807) is 0 Å². The summed E-state index contributed by atoms with van der Waals surface area (Å²) in [6.07, 6.45) is 3.86. The molecule has 0 amide bonds. The Hall–Kier alpha value is 0.488. The second-order valence-electron chi connectivity index (χ2n) is 1.31. The normalized spacial score (nSPS) is 7.00. The van der Waals surface area contributed by atoms with Gasteiger partial charge in [-0.1, -0.05) is 13.3 Å². The van der Waals surface area contributed by atoms with Crippen molar-refractivity contribution in [3.8, 4) is 0 Å². The van der Waals surface area contributed by atoms with E-state index in [9.17, 15) is 4.79 Å². The zero-order chi connectivity index (χ0) is 4.83. The van der Waals surface area contributed by atoms with Crippen LogP contribution in [0.3, 0.4) is 0 Å². The molecule has 0 aromatic heterocycles. The van der Waals surface area contributed by atoms with Gasteiger partial charge in [-0.2, -0.15) is 0 Å². The molecule has 7 heavy (non-hydrogen) atoms. The fourth-order valence-corrected chi connectivity index (χ4v) is 0.287. The van der Waals surface area contributed by atoms with Gasteiger partial charge in [0.1, 0.15) is 6.29 Å². The molecule has 0 saturated carbocycles. The predicted octanol–water partition coefficient (Wildman–Crippen LogP) is 0.192. The van der Waals surface area contributed by atoms with E-state index in [0.29, 0.717) is 0 Å². The van der Waals surface area contributed by atoms with Crippen molar-refractivity contribution in [3.05, 3.63) is 0 Å². The molecular formula is C5H13OSb. The summed E-state index contributed by atoms with van der Waals surface area (Å²) in [5.41, 5.74) is 0. The van der Waals surface area contributed by atoms with Gasteiger partial charge in [0.2, 0.25) is 0 Å². The molecule has 0 rings (SSSR count). The molecule has 0 bridgehead atoms. The van der Waals surface area contributed by atoms with Crippen molar-refractivity contribution in [2.24, 2.45) is 0 Å². The molecule has 0 aliphatic heterocycles. The molecule has 0 spiro atoms. The van der Waals surface area contributed by atoms with E-state index in [1.165, 1.54) is 0 Å². The summed E-state index contributed by atoms with van der Waals surface area (Å²) in [5.74, 6) is 0.